The molecular formula is C12H15NO3. The first kappa shape index (κ1) is 11.1. The maximum Gasteiger partial charge on any atom is 0.253 e. The topological polar surface area (TPSA) is 49.8 Å². The van der Waals surface area contributed by atoms with Gasteiger partial charge in [0.15, 0.2) is 0 Å². The van der Waals surface area contributed by atoms with Gasteiger partial charge >= 0.3 is 0 Å². The van der Waals surface area contributed by atoms with Crippen molar-refractivity contribution in [2.75, 3.05) is 5.06 Å². The first-order chi connectivity index (χ1) is 7.52. The Morgan fingerprint density at radius 2 is 2.25 bits per heavy atom. The minimum Gasteiger partial charge on any atom is -0.392 e. The maximum atomic E-state index is 11.7. The van der Waals surface area contributed by atoms with Gasteiger partial charge in [-0.15, -0.1) is 0 Å². The summed E-state index contributed by atoms with van der Waals surface area (Å²) < 4.78 is 0. The van der Waals surface area contributed by atoms with Crippen LogP contribution in [-0.4, -0.2) is 16.6 Å². The second-order valence-corrected chi connectivity index (χ2v) is 4.54. The maximum absolute atomic E-state index is 11.7. The first-order valence-corrected chi connectivity index (χ1v) is 5.24. The van der Waals surface area contributed by atoms with Gasteiger partial charge in [0.1, 0.15) is 5.60 Å². The molecule has 1 saturated heterocycles. The Labute approximate surface area is 94.4 Å². The zero-order valence-corrected chi connectivity index (χ0v) is 9.43. The van der Waals surface area contributed by atoms with E-state index in [4.69, 9.17) is 9.94 Å². The molecule has 0 saturated carbocycles. The van der Waals surface area contributed by atoms with E-state index in [-0.39, 0.29) is 12.5 Å². The molecule has 0 radical (unpaired) electrons. The molecule has 16 heavy (non-hydrogen) atoms. The van der Waals surface area contributed by atoms with Crippen LogP contribution in [0.5, 0.6) is 0 Å². The molecule has 0 atom stereocenters. The third-order valence-electron chi connectivity index (χ3n) is 2.47. The van der Waals surface area contributed by atoms with Crippen molar-refractivity contribution in [2.24, 2.45) is 0 Å². The average Bonchev–Trinajstić information content (AvgIpc) is 2.52. The number of benzene rings is 1. The SMILES string of the molecule is CC1(C)CC(=O)N(c2cccc(CO)c2)O1. The molecule has 1 aromatic carbocycles. The molecule has 1 aromatic rings. The number of anilines is 1. The lowest BCUT2D eigenvalue weighted by Crippen LogP contribution is -2.25. The predicted molar refractivity (Wildman–Crippen MR) is 59.6 cm³/mol. The second-order valence-electron chi connectivity index (χ2n) is 4.54. The molecule has 0 unspecified atom stereocenters. The van der Waals surface area contributed by atoms with E-state index < -0.39 is 5.60 Å². The van der Waals surface area contributed by atoms with Gasteiger partial charge in [-0.3, -0.25) is 9.63 Å². The highest BCUT2D eigenvalue weighted by atomic mass is 16.7. The minimum atomic E-state index is -0.452. The summed E-state index contributed by atoms with van der Waals surface area (Å²) >= 11 is 0. The number of aliphatic hydroxyl groups excluding tert-OH is 1. The number of rotatable bonds is 2. The molecule has 1 heterocycles. The molecule has 1 amide bonds. The van der Waals surface area contributed by atoms with Crippen LogP contribution in [0.2, 0.25) is 0 Å². The molecule has 2 rings (SSSR count). The zero-order chi connectivity index (χ0) is 11.8. The highest BCUT2D eigenvalue weighted by Gasteiger charge is 2.38. The van der Waals surface area contributed by atoms with E-state index in [1.807, 2.05) is 13.8 Å². The number of carbonyl (C=O) groups excluding carboxylic acids is 1. The van der Waals surface area contributed by atoms with Crippen molar-refractivity contribution in [1.29, 1.82) is 0 Å². The quantitative estimate of drug-likeness (QED) is 0.825. The molecule has 86 valence electrons. The Hall–Kier alpha value is -1.39. The smallest absolute Gasteiger partial charge is 0.253 e. The van der Waals surface area contributed by atoms with Gasteiger partial charge < -0.3 is 5.11 Å². The lowest BCUT2D eigenvalue weighted by atomic mass is 10.1. The highest BCUT2D eigenvalue weighted by molar-refractivity contribution is 5.93. The van der Waals surface area contributed by atoms with Crippen LogP contribution in [-0.2, 0) is 16.2 Å². The number of nitrogens with zero attached hydrogens (tertiary/aromatic N) is 1. The molecule has 1 aliphatic rings. The number of carbonyl (C=O) groups is 1. The largest absolute Gasteiger partial charge is 0.392 e. The van der Waals surface area contributed by atoms with Gasteiger partial charge in [-0.25, -0.2) is 0 Å². The van der Waals surface area contributed by atoms with Gasteiger partial charge in [-0.2, -0.15) is 5.06 Å². The number of hydroxylamine groups is 1. The van der Waals surface area contributed by atoms with E-state index in [0.29, 0.717) is 12.1 Å². The van der Waals surface area contributed by atoms with Gasteiger partial charge in [0, 0.05) is 0 Å². The van der Waals surface area contributed by atoms with Crippen LogP contribution >= 0.6 is 0 Å². The number of hydrogen-bond donors (Lipinski definition) is 1. The van der Waals surface area contributed by atoms with Crippen LogP contribution in [0.1, 0.15) is 25.8 Å². The Morgan fingerprint density at radius 3 is 2.81 bits per heavy atom. The summed E-state index contributed by atoms with van der Waals surface area (Å²) in [5.41, 5.74) is 0.979. The fourth-order valence-corrected chi connectivity index (χ4v) is 1.74. The molecule has 4 heteroatoms. The van der Waals surface area contributed by atoms with E-state index in [1.54, 1.807) is 24.3 Å². The number of aliphatic hydroxyl groups is 1. The van der Waals surface area contributed by atoms with Crippen molar-refractivity contribution in [1.82, 2.24) is 0 Å². The first-order valence-electron chi connectivity index (χ1n) is 5.24. The van der Waals surface area contributed by atoms with E-state index in [1.165, 1.54) is 5.06 Å². The van der Waals surface area contributed by atoms with Gasteiger partial charge in [-0.1, -0.05) is 12.1 Å². The summed E-state index contributed by atoms with van der Waals surface area (Å²) in [6.07, 6.45) is 0.371. The molecule has 0 aliphatic carbocycles. The normalized spacial score (nSPS) is 19.2. The van der Waals surface area contributed by atoms with Crippen molar-refractivity contribution in [3.63, 3.8) is 0 Å². The van der Waals surface area contributed by atoms with Crippen LogP contribution in [0.25, 0.3) is 0 Å². The monoisotopic (exact) mass is 221 g/mol. The van der Waals surface area contributed by atoms with E-state index in [0.717, 1.165) is 5.56 Å². The van der Waals surface area contributed by atoms with Crippen LogP contribution in [0, 0.1) is 0 Å². The fourth-order valence-electron chi connectivity index (χ4n) is 1.74. The van der Waals surface area contributed by atoms with Crippen LogP contribution in [0.3, 0.4) is 0 Å². The molecule has 1 N–H and O–H groups in total. The zero-order valence-electron chi connectivity index (χ0n) is 9.43. The third-order valence-corrected chi connectivity index (χ3v) is 2.47. The lowest BCUT2D eigenvalue weighted by molar-refractivity contribution is -0.119. The van der Waals surface area contributed by atoms with Crippen LogP contribution < -0.4 is 5.06 Å². The summed E-state index contributed by atoms with van der Waals surface area (Å²) in [6, 6.07) is 7.13. The Balaban J connectivity index is 2.27. The number of hydrogen-bond acceptors (Lipinski definition) is 3. The summed E-state index contributed by atoms with van der Waals surface area (Å²) in [7, 11) is 0. The van der Waals surface area contributed by atoms with Crippen molar-refractivity contribution >= 4 is 11.6 Å². The van der Waals surface area contributed by atoms with Gasteiger partial charge in [0.2, 0.25) is 0 Å². The van der Waals surface area contributed by atoms with Crippen molar-refractivity contribution in [3.8, 4) is 0 Å². The predicted octanol–water partition coefficient (Wildman–Crippen LogP) is 1.63. The Morgan fingerprint density at radius 1 is 1.50 bits per heavy atom. The van der Waals surface area contributed by atoms with Crippen molar-refractivity contribution in [2.45, 2.75) is 32.5 Å². The van der Waals surface area contributed by atoms with Crippen LogP contribution in [0.4, 0.5) is 5.69 Å². The van der Waals surface area contributed by atoms with Crippen LogP contribution in [0.15, 0.2) is 24.3 Å². The Bertz CT molecular complexity index is 414. The summed E-state index contributed by atoms with van der Waals surface area (Å²) in [5.74, 6) is -0.0555. The molecular weight excluding hydrogens is 206 g/mol. The van der Waals surface area contributed by atoms with E-state index >= 15 is 0 Å². The minimum absolute atomic E-state index is 0.0424. The molecule has 0 bridgehead atoms. The molecule has 1 aliphatic heterocycles. The highest BCUT2D eigenvalue weighted by Crippen LogP contribution is 2.30. The van der Waals surface area contributed by atoms with E-state index in [2.05, 4.69) is 0 Å². The van der Waals surface area contributed by atoms with Crippen molar-refractivity contribution in [3.05, 3.63) is 29.8 Å². The molecule has 0 spiro atoms. The molecule has 1 fully saturated rings. The van der Waals surface area contributed by atoms with Gasteiger partial charge in [-0.05, 0) is 31.5 Å². The summed E-state index contributed by atoms with van der Waals surface area (Å²) in [4.78, 5) is 17.3. The van der Waals surface area contributed by atoms with Gasteiger partial charge in [0.05, 0.1) is 18.7 Å². The average molecular weight is 221 g/mol. The third kappa shape index (κ3) is 2.08. The molecule has 0 aromatic heterocycles. The summed E-state index contributed by atoms with van der Waals surface area (Å²) in [6.45, 7) is 3.71. The standard InChI is InChI=1S/C12H15NO3/c1-12(2)7-11(15)13(16-12)10-5-3-4-9(6-10)8-14/h3-6,14H,7-8H2,1-2H3. The van der Waals surface area contributed by atoms with Crippen molar-refractivity contribution < 1.29 is 14.7 Å². The molecule has 4 nitrogen and oxygen atoms in total. The second kappa shape index (κ2) is 3.88. The number of amides is 1. The summed E-state index contributed by atoms with van der Waals surface area (Å²) in [5, 5.41) is 10.3. The Kier molecular flexibility index (Phi) is 2.69. The fraction of sp³-hybridized carbons (Fsp3) is 0.417. The lowest BCUT2D eigenvalue weighted by Gasteiger charge is -2.20. The van der Waals surface area contributed by atoms with E-state index in [9.17, 15) is 4.79 Å². The van der Waals surface area contributed by atoms with Gasteiger partial charge in [0.25, 0.3) is 5.91 Å².